The Morgan fingerprint density at radius 1 is 1.03 bits per heavy atom. The molecule has 0 N–H and O–H groups in total. The van der Waals surface area contributed by atoms with Gasteiger partial charge in [0.15, 0.2) is 0 Å². The van der Waals surface area contributed by atoms with Crippen molar-refractivity contribution in [1.82, 2.24) is 4.57 Å². The molecule has 1 amide bonds. The van der Waals surface area contributed by atoms with E-state index in [0.717, 1.165) is 22.6 Å². The molecule has 5 nitrogen and oxygen atoms in total. The lowest BCUT2D eigenvalue weighted by atomic mass is 10.0. The van der Waals surface area contributed by atoms with Crippen LogP contribution in [0.1, 0.15) is 23.9 Å². The maximum Gasteiger partial charge on any atom is 0.340 e. The number of methoxy groups -OCH3 is 1. The molecule has 0 radical (unpaired) electrons. The van der Waals surface area contributed by atoms with Crippen molar-refractivity contribution in [3.8, 4) is 5.69 Å². The van der Waals surface area contributed by atoms with E-state index in [0.29, 0.717) is 16.4 Å². The monoisotopic (exact) mass is 464 g/mol. The standard InChI is InChI=1S/C26H22ClFN2O3/c1-15-12-18(16(2)29(15)21-10-8-20(28)9-11-21)13-23-24(26(32)33-4)17(3)30(25(23)31)22-7-5-6-19(27)14-22/h5-14H,1-4H3/b23-13-. The number of rotatable bonds is 4. The smallest absolute Gasteiger partial charge is 0.340 e. The Hall–Kier alpha value is -3.64. The number of benzene rings is 2. The minimum atomic E-state index is -0.594. The van der Waals surface area contributed by atoms with Gasteiger partial charge in [-0.1, -0.05) is 17.7 Å². The minimum Gasteiger partial charge on any atom is -0.465 e. The summed E-state index contributed by atoms with van der Waals surface area (Å²) in [4.78, 5) is 27.6. The van der Waals surface area contributed by atoms with Crippen LogP contribution < -0.4 is 4.90 Å². The third-order valence-electron chi connectivity index (χ3n) is 5.71. The Labute approximate surface area is 196 Å². The molecule has 0 fully saturated rings. The number of halogens is 2. The van der Waals surface area contributed by atoms with E-state index in [1.807, 2.05) is 24.5 Å². The zero-order chi connectivity index (χ0) is 23.9. The molecule has 168 valence electrons. The second-order valence-corrected chi connectivity index (χ2v) is 8.21. The molecule has 0 spiro atoms. The van der Waals surface area contributed by atoms with E-state index in [1.165, 1.54) is 24.1 Å². The van der Waals surface area contributed by atoms with Gasteiger partial charge < -0.3 is 9.30 Å². The number of aromatic nitrogens is 1. The third kappa shape index (κ3) is 3.98. The molecular formula is C26H22ClFN2O3. The molecule has 0 saturated carbocycles. The second kappa shape index (κ2) is 8.71. The van der Waals surface area contributed by atoms with Crippen molar-refractivity contribution in [1.29, 1.82) is 0 Å². The first-order valence-electron chi connectivity index (χ1n) is 10.3. The highest BCUT2D eigenvalue weighted by Crippen LogP contribution is 2.37. The van der Waals surface area contributed by atoms with Gasteiger partial charge in [-0.25, -0.2) is 9.18 Å². The first-order valence-corrected chi connectivity index (χ1v) is 10.7. The molecule has 0 bridgehead atoms. The van der Waals surface area contributed by atoms with Crippen LogP contribution in [0.2, 0.25) is 5.02 Å². The minimum absolute atomic E-state index is 0.203. The number of carbonyl (C=O) groups is 2. The quantitative estimate of drug-likeness (QED) is 0.364. The van der Waals surface area contributed by atoms with Crippen molar-refractivity contribution in [3.05, 3.63) is 99.2 Å². The molecule has 1 aliphatic heterocycles. The molecule has 33 heavy (non-hydrogen) atoms. The van der Waals surface area contributed by atoms with Crippen LogP contribution >= 0.6 is 11.6 Å². The molecule has 1 aromatic heterocycles. The van der Waals surface area contributed by atoms with E-state index in [1.54, 1.807) is 49.4 Å². The Bertz CT molecular complexity index is 1340. The summed E-state index contributed by atoms with van der Waals surface area (Å²) >= 11 is 6.13. The van der Waals surface area contributed by atoms with Gasteiger partial charge in [-0.05, 0) is 80.9 Å². The summed E-state index contributed by atoms with van der Waals surface area (Å²) in [7, 11) is 1.28. The summed E-state index contributed by atoms with van der Waals surface area (Å²) in [6.45, 7) is 5.54. The number of allylic oxidation sites excluding steroid dienone is 1. The highest BCUT2D eigenvalue weighted by atomic mass is 35.5. The zero-order valence-electron chi connectivity index (χ0n) is 18.6. The molecule has 3 aromatic rings. The molecule has 0 saturated heterocycles. The summed E-state index contributed by atoms with van der Waals surface area (Å²) in [5.74, 6) is -1.25. The second-order valence-electron chi connectivity index (χ2n) is 7.77. The lowest BCUT2D eigenvalue weighted by Gasteiger charge is -2.18. The van der Waals surface area contributed by atoms with Crippen molar-refractivity contribution in [2.45, 2.75) is 20.8 Å². The van der Waals surface area contributed by atoms with Gasteiger partial charge in [-0.2, -0.15) is 0 Å². The predicted octanol–water partition coefficient (Wildman–Crippen LogP) is 5.76. The SMILES string of the molecule is COC(=O)C1=C(C)N(c2cccc(Cl)c2)C(=O)/C1=C\c1cc(C)n(-c2ccc(F)cc2)c1C. The van der Waals surface area contributed by atoms with E-state index in [9.17, 15) is 14.0 Å². The normalized spacial score (nSPS) is 15.0. The van der Waals surface area contributed by atoms with Crippen molar-refractivity contribution < 1.29 is 18.7 Å². The fourth-order valence-corrected chi connectivity index (χ4v) is 4.37. The first kappa shape index (κ1) is 22.6. The molecule has 2 heterocycles. The molecule has 2 aromatic carbocycles. The van der Waals surface area contributed by atoms with Crippen LogP contribution in [0.4, 0.5) is 10.1 Å². The molecule has 1 aliphatic rings. The molecule has 0 aliphatic carbocycles. The van der Waals surface area contributed by atoms with Crippen molar-refractivity contribution >= 4 is 35.2 Å². The van der Waals surface area contributed by atoms with E-state index < -0.39 is 5.97 Å². The number of esters is 1. The Kier molecular flexibility index (Phi) is 5.95. The van der Waals surface area contributed by atoms with Gasteiger partial charge in [0.1, 0.15) is 5.82 Å². The number of hydrogen-bond acceptors (Lipinski definition) is 3. The Morgan fingerprint density at radius 3 is 2.36 bits per heavy atom. The lowest BCUT2D eigenvalue weighted by Crippen LogP contribution is -2.24. The van der Waals surface area contributed by atoms with Crippen molar-refractivity contribution in [2.75, 3.05) is 12.0 Å². The van der Waals surface area contributed by atoms with E-state index in [2.05, 4.69) is 0 Å². The number of ether oxygens (including phenoxy) is 1. The Morgan fingerprint density at radius 2 is 1.73 bits per heavy atom. The number of aryl methyl sites for hydroxylation is 1. The highest BCUT2D eigenvalue weighted by molar-refractivity contribution is 6.31. The topological polar surface area (TPSA) is 51.5 Å². The molecular weight excluding hydrogens is 443 g/mol. The van der Waals surface area contributed by atoms with Crippen LogP contribution in [0.15, 0.2) is 71.4 Å². The van der Waals surface area contributed by atoms with E-state index in [4.69, 9.17) is 16.3 Å². The number of amides is 1. The largest absolute Gasteiger partial charge is 0.465 e. The van der Waals surface area contributed by atoms with Gasteiger partial charge in [0.25, 0.3) is 5.91 Å². The van der Waals surface area contributed by atoms with Crippen LogP contribution in [0, 0.1) is 19.7 Å². The average molecular weight is 465 g/mol. The van der Waals surface area contributed by atoms with E-state index >= 15 is 0 Å². The van der Waals surface area contributed by atoms with Crippen molar-refractivity contribution in [3.63, 3.8) is 0 Å². The predicted molar refractivity (Wildman–Crippen MR) is 127 cm³/mol. The molecule has 7 heteroatoms. The van der Waals surface area contributed by atoms with Gasteiger partial charge >= 0.3 is 5.97 Å². The number of hydrogen-bond donors (Lipinski definition) is 0. The lowest BCUT2D eigenvalue weighted by molar-refractivity contribution is -0.136. The fourth-order valence-electron chi connectivity index (χ4n) is 4.18. The maximum atomic E-state index is 13.5. The van der Waals surface area contributed by atoms with Crippen LogP contribution in [-0.4, -0.2) is 23.6 Å². The molecule has 0 unspecified atom stereocenters. The third-order valence-corrected chi connectivity index (χ3v) is 5.95. The molecule has 4 rings (SSSR count). The number of nitrogens with zero attached hydrogens (tertiary/aromatic N) is 2. The summed E-state index contributed by atoms with van der Waals surface area (Å²) in [5.41, 5.74) is 4.79. The van der Waals surface area contributed by atoms with Gasteiger partial charge in [0, 0.05) is 27.8 Å². The summed E-state index contributed by atoms with van der Waals surface area (Å²) in [6.07, 6.45) is 1.70. The zero-order valence-corrected chi connectivity index (χ0v) is 19.4. The van der Waals surface area contributed by atoms with E-state index in [-0.39, 0.29) is 22.9 Å². The highest BCUT2D eigenvalue weighted by Gasteiger charge is 2.38. The van der Waals surface area contributed by atoms with Crippen LogP contribution in [0.5, 0.6) is 0 Å². The van der Waals surface area contributed by atoms with Gasteiger partial charge in [0.05, 0.1) is 23.9 Å². The summed E-state index contributed by atoms with van der Waals surface area (Å²) in [5, 5.41) is 0.480. The van der Waals surface area contributed by atoms with Gasteiger partial charge in [-0.3, -0.25) is 9.69 Å². The molecule has 0 atom stereocenters. The van der Waals surface area contributed by atoms with Crippen LogP contribution in [0.25, 0.3) is 11.8 Å². The number of carbonyl (C=O) groups excluding carboxylic acids is 2. The maximum absolute atomic E-state index is 13.5. The Balaban J connectivity index is 1.85. The van der Waals surface area contributed by atoms with Gasteiger partial charge in [0.2, 0.25) is 0 Å². The summed E-state index contributed by atoms with van der Waals surface area (Å²) < 4.78 is 20.3. The fraction of sp³-hybridized carbons (Fsp3) is 0.154. The van der Waals surface area contributed by atoms with Crippen LogP contribution in [-0.2, 0) is 14.3 Å². The number of anilines is 1. The van der Waals surface area contributed by atoms with Crippen molar-refractivity contribution in [2.24, 2.45) is 0 Å². The summed E-state index contributed by atoms with van der Waals surface area (Å²) in [6, 6.07) is 15.0. The first-order chi connectivity index (χ1) is 15.7. The average Bonchev–Trinajstić information content (AvgIpc) is 3.20. The van der Waals surface area contributed by atoms with Gasteiger partial charge in [-0.15, -0.1) is 0 Å². The van der Waals surface area contributed by atoms with Crippen LogP contribution in [0.3, 0.4) is 0 Å².